The van der Waals surface area contributed by atoms with Gasteiger partial charge in [0, 0.05) is 30.6 Å². The molecule has 0 atom stereocenters. The van der Waals surface area contributed by atoms with Crippen molar-refractivity contribution >= 4 is 39.6 Å². The number of nitrogens with one attached hydrogen (secondary N) is 3. The molecule has 0 saturated heterocycles. The van der Waals surface area contributed by atoms with Gasteiger partial charge in [0.05, 0.1) is 16.7 Å². The second kappa shape index (κ2) is 11.5. The Morgan fingerprint density at radius 1 is 0.905 bits per heavy atom. The summed E-state index contributed by atoms with van der Waals surface area (Å²) in [6, 6.07) is 20.3. The fourth-order valence-electron chi connectivity index (χ4n) is 4.84. The van der Waals surface area contributed by atoms with E-state index in [4.69, 9.17) is 15.5 Å². The highest BCUT2D eigenvalue weighted by atomic mass is 16.5. The van der Waals surface area contributed by atoms with E-state index in [0.29, 0.717) is 29.9 Å². The topological polar surface area (TPSA) is 123 Å². The minimum Gasteiger partial charge on any atom is -0.490 e. The number of nitrogen functional groups attached to an aromatic ring is 1. The first-order valence-corrected chi connectivity index (χ1v) is 14.4. The van der Waals surface area contributed by atoms with Gasteiger partial charge in [-0.15, -0.1) is 0 Å². The maximum Gasteiger partial charge on any atom is 0.239 e. The molecule has 42 heavy (non-hydrogen) atoms. The number of imidazole rings is 2. The van der Waals surface area contributed by atoms with Crippen molar-refractivity contribution in [1.82, 2.24) is 24.8 Å². The van der Waals surface area contributed by atoms with Crippen molar-refractivity contribution in [1.29, 1.82) is 0 Å². The first kappa shape index (κ1) is 29.1. The van der Waals surface area contributed by atoms with Crippen LogP contribution in [0.5, 0.6) is 5.75 Å². The van der Waals surface area contributed by atoms with E-state index in [-0.39, 0.29) is 17.3 Å². The summed E-state index contributed by atoms with van der Waals surface area (Å²) in [6.07, 6.45) is 0. The number of rotatable bonds is 9. The Kier molecular flexibility index (Phi) is 7.97. The number of carbonyl (C=O) groups excluding carboxylic acids is 1. The summed E-state index contributed by atoms with van der Waals surface area (Å²) in [5.74, 6) is 1.53. The third kappa shape index (κ3) is 6.11. The summed E-state index contributed by atoms with van der Waals surface area (Å²) in [6.45, 7) is 14.8. The first-order chi connectivity index (χ1) is 19.9. The van der Waals surface area contributed by atoms with Crippen molar-refractivity contribution in [3.63, 3.8) is 0 Å². The number of H-pyrrole nitrogens is 1. The number of aromatic amines is 1. The second-order valence-corrected chi connectivity index (χ2v) is 12.6. The van der Waals surface area contributed by atoms with Gasteiger partial charge in [0.25, 0.3) is 0 Å². The molecule has 2 aromatic heterocycles. The van der Waals surface area contributed by atoms with Gasteiger partial charge in [-0.05, 0) is 35.2 Å². The lowest BCUT2D eigenvalue weighted by atomic mass is 9.87. The predicted octanol–water partition coefficient (Wildman–Crippen LogP) is 6.23. The smallest absolute Gasteiger partial charge is 0.239 e. The largest absolute Gasteiger partial charge is 0.490 e. The van der Waals surface area contributed by atoms with Crippen molar-refractivity contribution in [3.8, 4) is 17.1 Å². The van der Waals surface area contributed by atoms with Gasteiger partial charge in [-0.2, -0.15) is 0 Å². The van der Waals surface area contributed by atoms with Crippen LogP contribution in [0.15, 0.2) is 60.7 Å². The number of para-hydroxylation sites is 2. The number of aromatic nitrogens is 4. The number of ether oxygens (including phenoxy) is 1. The van der Waals surface area contributed by atoms with Gasteiger partial charge in [-0.25, -0.2) is 14.5 Å². The standard InChI is InChI=1S/C33H41N7O2/c1-32(2,3)22-15-13-21(14-16-22)29-37-24-10-7-9-23(27(24)38-29)36-18-17-35-19-20-42-26-12-8-11-25-28(26)39-31(34)40(25)30(41)33(4,5)6/h7-16,35-36H,17-20H2,1-6H3,(H2,34,39)(H,37,38). The molecule has 0 aliphatic carbocycles. The molecule has 0 aliphatic rings. The monoisotopic (exact) mass is 567 g/mol. The van der Waals surface area contributed by atoms with Crippen molar-refractivity contribution in [3.05, 3.63) is 66.2 Å². The number of nitrogens with zero attached hydrogens (tertiary/aromatic N) is 3. The van der Waals surface area contributed by atoms with E-state index in [1.807, 2.05) is 51.1 Å². The minimum atomic E-state index is -0.583. The maximum atomic E-state index is 12.9. The van der Waals surface area contributed by atoms with Crippen molar-refractivity contribution in [2.75, 3.05) is 37.3 Å². The zero-order chi connectivity index (χ0) is 30.1. The summed E-state index contributed by atoms with van der Waals surface area (Å²) in [5, 5.41) is 6.91. The number of nitrogens with two attached hydrogens (primary N) is 1. The van der Waals surface area contributed by atoms with Crippen LogP contribution in [-0.4, -0.2) is 51.7 Å². The molecule has 3 aromatic carbocycles. The molecule has 9 heteroatoms. The van der Waals surface area contributed by atoms with Gasteiger partial charge < -0.3 is 26.1 Å². The Morgan fingerprint density at radius 3 is 2.36 bits per heavy atom. The lowest BCUT2D eigenvalue weighted by Gasteiger charge is -2.18. The van der Waals surface area contributed by atoms with Gasteiger partial charge in [0.2, 0.25) is 11.9 Å². The zero-order valence-corrected chi connectivity index (χ0v) is 25.3. The molecule has 2 heterocycles. The SMILES string of the molecule is CC(C)(C)C(=O)n1c(N)nc2c(OCCNCCNc3cccc4[nH]c(-c5ccc(C(C)(C)C)cc5)nc34)cccc21. The molecule has 5 rings (SSSR count). The van der Waals surface area contributed by atoms with Gasteiger partial charge in [-0.1, -0.05) is 77.9 Å². The van der Waals surface area contributed by atoms with Crippen molar-refractivity contribution in [2.45, 2.75) is 47.0 Å². The highest BCUT2D eigenvalue weighted by Crippen LogP contribution is 2.30. The Hall–Kier alpha value is -4.37. The van der Waals surface area contributed by atoms with Gasteiger partial charge in [-0.3, -0.25) is 4.79 Å². The lowest BCUT2D eigenvalue weighted by molar-refractivity contribution is 0.0775. The van der Waals surface area contributed by atoms with E-state index in [1.165, 1.54) is 10.1 Å². The van der Waals surface area contributed by atoms with Crippen LogP contribution >= 0.6 is 0 Å². The molecular formula is C33H41N7O2. The van der Waals surface area contributed by atoms with Crippen LogP contribution in [0.4, 0.5) is 11.6 Å². The molecular weight excluding hydrogens is 526 g/mol. The van der Waals surface area contributed by atoms with E-state index in [9.17, 15) is 4.79 Å². The van der Waals surface area contributed by atoms with Crippen LogP contribution in [0.25, 0.3) is 33.5 Å². The second-order valence-electron chi connectivity index (χ2n) is 12.6. The number of fused-ring (bicyclic) bond motifs is 2. The van der Waals surface area contributed by atoms with Gasteiger partial charge in [0.1, 0.15) is 29.2 Å². The van der Waals surface area contributed by atoms with Crippen LogP contribution in [0.1, 0.15) is 51.9 Å². The predicted molar refractivity (Wildman–Crippen MR) is 171 cm³/mol. The van der Waals surface area contributed by atoms with E-state index in [0.717, 1.165) is 41.2 Å². The number of anilines is 2. The number of hydrogen-bond donors (Lipinski definition) is 4. The van der Waals surface area contributed by atoms with Crippen LogP contribution < -0.4 is 21.1 Å². The van der Waals surface area contributed by atoms with E-state index in [2.05, 4.69) is 71.7 Å². The fraction of sp³-hybridized carbons (Fsp3) is 0.364. The summed E-state index contributed by atoms with van der Waals surface area (Å²) < 4.78 is 7.48. The average Bonchev–Trinajstić information content (AvgIpc) is 3.52. The molecule has 0 radical (unpaired) electrons. The molecule has 0 bridgehead atoms. The molecule has 220 valence electrons. The summed E-state index contributed by atoms with van der Waals surface area (Å²) in [7, 11) is 0. The van der Waals surface area contributed by atoms with Crippen LogP contribution in [-0.2, 0) is 5.41 Å². The molecule has 0 unspecified atom stereocenters. The van der Waals surface area contributed by atoms with Crippen molar-refractivity contribution < 1.29 is 9.53 Å². The van der Waals surface area contributed by atoms with E-state index < -0.39 is 5.41 Å². The Balaban J connectivity index is 1.14. The Labute approximate surface area is 246 Å². The van der Waals surface area contributed by atoms with E-state index in [1.54, 1.807) is 0 Å². The normalized spacial score (nSPS) is 12.2. The molecule has 5 aromatic rings. The zero-order valence-electron chi connectivity index (χ0n) is 25.3. The summed E-state index contributed by atoms with van der Waals surface area (Å²) in [5.41, 5.74) is 12.2. The third-order valence-corrected chi connectivity index (χ3v) is 7.21. The van der Waals surface area contributed by atoms with Crippen LogP contribution in [0.3, 0.4) is 0 Å². The highest BCUT2D eigenvalue weighted by molar-refractivity contribution is 5.97. The molecule has 0 spiro atoms. The average molecular weight is 568 g/mol. The summed E-state index contributed by atoms with van der Waals surface area (Å²) in [4.78, 5) is 25.7. The van der Waals surface area contributed by atoms with E-state index >= 15 is 0 Å². The lowest BCUT2D eigenvalue weighted by Crippen LogP contribution is -2.27. The van der Waals surface area contributed by atoms with Crippen LogP contribution in [0, 0.1) is 5.41 Å². The van der Waals surface area contributed by atoms with Gasteiger partial charge in [0.15, 0.2) is 0 Å². The van der Waals surface area contributed by atoms with Crippen molar-refractivity contribution in [2.24, 2.45) is 5.41 Å². The molecule has 5 N–H and O–H groups in total. The molecule has 0 fully saturated rings. The third-order valence-electron chi connectivity index (χ3n) is 7.21. The fourth-order valence-corrected chi connectivity index (χ4v) is 4.84. The molecule has 0 aliphatic heterocycles. The quantitative estimate of drug-likeness (QED) is 0.156. The number of benzene rings is 3. The Bertz CT molecular complexity index is 1700. The first-order valence-electron chi connectivity index (χ1n) is 14.4. The maximum absolute atomic E-state index is 12.9. The molecule has 9 nitrogen and oxygen atoms in total. The molecule has 0 amide bonds. The summed E-state index contributed by atoms with van der Waals surface area (Å²) >= 11 is 0. The van der Waals surface area contributed by atoms with Gasteiger partial charge >= 0.3 is 0 Å². The number of carbonyl (C=O) groups is 1. The molecule has 0 saturated carbocycles. The minimum absolute atomic E-state index is 0.106. The highest BCUT2D eigenvalue weighted by Gasteiger charge is 2.27. The Morgan fingerprint density at radius 2 is 1.64 bits per heavy atom. The number of hydrogen-bond acceptors (Lipinski definition) is 7. The van der Waals surface area contributed by atoms with Crippen LogP contribution in [0.2, 0.25) is 0 Å².